The number of ether oxygens (including phenoxy) is 2. The first kappa shape index (κ1) is 28.7. The number of piperidine rings is 1. The summed E-state index contributed by atoms with van der Waals surface area (Å²) in [6.07, 6.45) is -3.54. The van der Waals surface area contributed by atoms with Gasteiger partial charge in [-0.2, -0.15) is 22.8 Å². The zero-order valence-electron chi connectivity index (χ0n) is 22.6. The van der Waals surface area contributed by atoms with Gasteiger partial charge < -0.3 is 24.6 Å². The zero-order valence-corrected chi connectivity index (χ0v) is 22.6. The second-order valence-electron chi connectivity index (χ2n) is 11.5. The summed E-state index contributed by atoms with van der Waals surface area (Å²) in [7, 11) is 0. The lowest BCUT2D eigenvalue weighted by Gasteiger charge is -2.44. The van der Waals surface area contributed by atoms with Crippen LogP contribution in [0.3, 0.4) is 0 Å². The molecule has 0 atom stereocenters. The molecule has 4 rings (SSSR count). The topological polar surface area (TPSA) is 101 Å². The number of hydrogen-bond donors (Lipinski definition) is 1. The Morgan fingerprint density at radius 3 is 2.33 bits per heavy atom. The third kappa shape index (κ3) is 6.64. The number of carbonyl (C=O) groups is 2. The number of fused-ring (bicyclic) bond motifs is 1. The van der Waals surface area contributed by atoms with Crippen LogP contribution in [0.1, 0.15) is 64.6 Å². The number of nitrogens with zero attached hydrogens (tertiary/aromatic N) is 5. The molecule has 1 N–H and O–H groups in total. The number of anilines is 1. The summed E-state index contributed by atoms with van der Waals surface area (Å²) in [4.78, 5) is 31.0. The third-order valence-corrected chi connectivity index (χ3v) is 6.57. The first-order chi connectivity index (χ1) is 18.0. The van der Waals surface area contributed by atoms with Crippen molar-refractivity contribution in [2.45, 2.75) is 76.9 Å². The third-order valence-electron chi connectivity index (χ3n) is 6.57. The average molecular weight is 559 g/mol. The van der Waals surface area contributed by atoms with Crippen LogP contribution in [0.2, 0.25) is 0 Å². The number of halogens is 4. The smallest absolute Gasteiger partial charge is 0.433 e. The molecule has 0 bridgehead atoms. The molecule has 2 amide bonds. The van der Waals surface area contributed by atoms with Crippen molar-refractivity contribution < 1.29 is 36.6 Å². The lowest BCUT2D eigenvalue weighted by Crippen LogP contribution is -2.64. The van der Waals surface area contributed by atoms with Gasteiger partial charge in [-0.1, -0.05) is 13.8 Å². The number of nitrogens with one attached hydrogen (secondary N) is 1. The summed E-state index contributed by atoms with van der Waals surface area (Å²) in [5.74, 6) is 0.100. The molecular weight excluding hydrogens is 524 g/mol. The molecule has 39 heavy (non-hydrogen) atoms. The van der Waals surface area contributed by atoms with Crippen molar-refractivity contribution in [2.24, 2.45) is 0 Å². The lowest BCUT2D eigenvalue weighted by molar-refractivity contribution is -0.141. The summed E-state index contributed by atoms with van der Waals surface area (Å²) in [6, 6.07) is 0.707. The molecule has 14 heteroatoms. The molecule has 0 aromatic carbocycles. The van der Waals surface area contributed by atoms with Gasteiger partial charge in [0, 0.05) is 30.8 Å². The van der Waals surface area contributed by atoms with Gasteiger partial charge in [-0.05, 0) is 39.5 Å². The van der Waals surface area contributed by atoms with Crippen LogP contribution in [0.25, 0.3) is 5.65 Å². The Kier molecular flexibility index (Phi) is 7.60. The van der Waals surface area contributed by atoms with Crippen LogP contribution in [0.4, 0.5) is 33.0 Å². The van der Waals surface area contributed by atoms with E-state index in [1.54, 1.807) is 20.8 Å². The van der Waals surface area contributed by atoms with Gasteiger partial charge in [0.1, 0.15) is 18.0 Å². The van der Waals surface area contributed by atoms with Crippen LogP contribution in [0.5, 0.6) is 0 Å². The molecule has 216 valence electrons. The first-order valence-corrected chi connectivity index (χ1v) is 12.9. The number of alkyl halides is 4. The minimum Gasteiger partial charge on any atom is -0.446 e. The zero-order chi connectivity index (χ0) is 28.8. The second kappa shape index (κ2) is 10.3. The fraction of sp³-hybridized carbons (Fsp3) is 0.680. The van der Waals surface area contributed by atoms with Crippen molar-refractivity contribution >= 4 is 23.7 Å². The van der Waals surface area contributed by atoms with Crippen LogP contribution in [-0.2, 0) is 15.7 Å². The Morgan fingerprint density at radius 1 is 1.13 bits per heavy atom. The summed E-state index contributed by atoms with van der Waals surface area (Å²) in [6.45, 7) is 8.45. The second-order valence-corrected chi connectivity index (χ2v) is 11.5. The van der Waals surface area contributed by atoms with Crippen molar-refractivity contribution in [3.63, 3.8) is 0 Å². The van der Waals surface area contributed by atoms with Crippen molar-refractivity contribution in [1.29, 1.82) is 0 Å². The fourth-order valence-corrected chi connectivity index (χ4v) is 4.52. The molecule has 2 aromatic heterocycles. The average Bonchev–Trinajstić information content (AvgIpc) is 3.24. The van der Waals surface area contributed by atoms with Gasteiger partial charge in [0.2, 0.25) is 0 Å². The molecule has 0 saturated carbocycles. The molecule has 2 aromatic rings. The standard InChI is InChI=1S/C25H34F4N6O4/c1-15(2)17-11-30-35-19(10-18(25(27,28)29)32-20(17)35)31-16-6-8-33(9-7-16)21(36)38-14-24(26)12-34(13-24)22(37)39-23(3,4)5/h10-11,15-16,31H,6-9,12-14H2,1-5H3. The lowest BCUT2D eigenvalue weighted by atomic mass is 9.98. The first-order valence-electron chi connectivity index (χ1n) is 12.9. The maximum atomic E-state index is 14.8. The maximum absolute atomic E-state index is 14.8. The van der Waals surface area contributed by atoms with E-state index in [1.165, 1.54) is 20.5 Å². The Labute approximate surface area is 223 Å². The quantitative estimate of drug-likeness (QED) is 0.524. The number of hydrogen-bond acceptors (Lipinski definition) is 7. The highest BCUT2D eigenvalue weighted by molar-refractivity contribution is 5.70. The number of rotatable bonds is 5. The number of aromatic nitrogens is 3. The van der Waals surface area contributed by atoms with Crippen LogP contribution in [0.15, 0.2) is 12.3 Å². The van der Waals surface area contributed by atoms with Gasteiger partial charge in [0.25, 0.3) is 0 Å². The van der Waals surface area contributed by atoms with Gasteiger partial charge >= 0.3 is 18.4 Å². The highest BCUT2D eigenvalue weighted by Crippen LogP contribution is 2.33. The van der Waals surface area contributed by atoms with Gasteiger partial charge in [0.05, 0.1) is 19.3 Å². The van der Waals surface area contributed by atoms with E-state index in [2.05, 4.69) is 15.4 Å². The summed E-state index contributed by atoms with van der Waals surface area (Å²) in [5, 5.41) is 7.36. The highest BCUT2D eigenvalue weighted by Gasteiger charge is 2.48. The number of amides is 2. The van der Waals surface area contributed by atoms with Gasteiger partial charge in [0.15, 0.2) is 17.0 Å². The number of likely N-dealkylation sites (tertiary alicyclic amines) is 2. The van der Waals surface area contributed by atoms with E-state index in [9.17, 15) is 27.2 Å². The van der Waals surface area contributed by atoms with Crippen molar-refractivity contribution in [2.75, 3.05) is 38.1 Å². The molecule has 0 radical (unpaired) electrons. The molecule has 2 saturated heterocycles. The Hall–Kier alpha value is -3.32. The molecule has 0 spiro atoms. The normalized spacial score (nSPS) is 18.3. The van der Waals surface area contributed by atoms with Gasteiger partial charge in [-0.15, -0.1) is 0 Å². The molecule has 2 fully saturated rings. The minimum absolute atomic E-state index is 0.0654. The van der Waals surface area contributed by atoms with E-state index in [0.29, 0.717) is 18.4 Å². The van der Waals surface area contributed by atoms with Crippen LogP contribution < -0.4 is 5.32 Å². The predicted molar refractivity (Wildman–Crippen MR) is 133 cm³/mol. The molecule has 4 heterocycles. The van der Waals surface area contributed by atoms with E-state index in [1.807, 2.05) is 13.8 Å². The summed E-state index contributed by atoms with van der Waals surface area (Å²) in [5.41, 5.74) is -2.80. The minimum atomic E-state index is -4.62. The Morgan fingerprint density at radius 2 is 1.77 bits per heavy atom. The van der Waals surface area contributed by atoms with Crippen LogP contribution in [-0.4, -0.2) is 86.7 Å². The molecule has 10 nitrogen and oxygen atoms in total. The SMILES string of the molecule is CC(C)c1cnn2c(NC3CCN(C(=O)OCC4(F)CN(C(=O)OC(C)(C)C)C4)CC3)cc(C(F)(F)F)nc12. The van der Waals surface area contributed by atoms with E-state index in [4.69, 9.17) is 9.47 Å². The number of carbonyl (C=O) groups excluding carboxylic acids is 2. The van der Waals surface area contributed by atoms with Crippen LogP contribution in [0, 0.1) is 0 Å². The van der Waals surface area contributed by atoms with E-state index in [-0.39, 0.29) is 49.6 Å². The van der Waals surface area contributed by atoms with E-state index in [0.717, 1.165) is 6.07 Å². The van der Waals surface area contributed by atoms with E-state index < -0.39 is 41.9 Å². The molecule has 2 aliphatic rings. The Bertz CT molecular complexity index is 1210. The summed E-state index contributed by atoms with van der Waals surface area (Å²) < 4.78 is 67.2. The molecule has 0 unspecified atom stereocenters. The maximum Gasteiger partial charge on any atom is 0.433 e. The summed E-state index contributed by atoms with van der Waals surface area (Å²) >= 11 is 0. The van der Waals surface area contributed by atoms with Crippen molar-refractivity contribution in [3.05, 3.63) is 23.5 Å². The predicted octanol–water partition coefficient (Wildman–Crippen LogP) is 4.84. The largest absolute Gasteiger partial charge is 0.446 e. The fourth-order valence-electron chi connectivity index (χ4n) is 4.52. The monoisotopic (exact) mass is 558 g/mol. The Balaban J connectivity index is 1.30. The molecular formula is C25H34F4N6O4. The molecule has 0 aliphatic carbocycles. The molecule has 2 aliphatic heterocycles. The highest BCUT2D eigenvalue weighted by atomic mass is 19.4. The van der Waals surface area contributed by atoms with Gasteiger partial charge in [-0.25, -0.2) is 19.0 Å². The van der Waals surface area contributed by atoms with E-state index >= 15 is 0 Å². The van der Waals surface area contributed by atoms with Gasteiger partial charge in [-0.3, -0.25) is 0 Å². The van der Waals surface area contributed by atoms with Crippen molar-refractivity contribution in [3.8, 4) is 0 Å². The van der Waals surface area contributed by atoms with Crippen LogP contribution >= 0.6 is 0 Å². The van der Waals surface area contributed by atoms with Crippen molar-refractivity contribution in [1.82, 2.24) is 24.4 Å².